The molecule has 10 nitrogen and oxygen atoms in total. The molecule has 0 fully saturated rings. The van der Waals surface area contributed by atoms with Gasteiger partial charge in [0.15, 0.2) is 5.65 Å². The number of benzene rings is 1. The minimum absolute atomic E-state index is 0.298. The summed E-state index contributed by atoms with van der Waals surface area (Å²) in [4.78, 5) is 21.2. The maximum Gasteiger partial charge on any atom is 0.247 e. The SMILES string of the molecule is C=CC(=O)Nc1cccc(Oc2cnc3c(n2)c(-c2cnn(CCOCC)c2)cn3COCC[Si](C)(C)C)c1. The van der Waals surface area contributed by atoms with E-state index in [4.69, 9.17) is 19.2 Å². The molecule has 0 radical (unpaired) electrons. The third kappa shape index (κ3) is 7.85. The molecular weight excluding hydrogens is 512 g/mol. The van der Waals surface area contributed by atoms with Crippen LogP contribution in [0.5, 0.6) is 11.6 Å². The zero-order chi connectivity index (χ0) is 27.8. The highest BCUT2D eigenvalue weighted by Crippen LogP contribution is 2.31. The first-order valence-corrected chi connectivity index (χ1v) is 16.7. The summed E-state index contributed by atoms with van der Waals surface area (Å²) in [5.74, 6) is 0.551. The van der Waals surface area contributed by atoms with Crippen molar-refractivity contribution in [3.63, 3.8) is 0 Å². The van der Waals surface area contributed by atoms with Crippen molar-refractivity contribution in [2.45, 2.75) is 45.9 Å². The van der Waals surface area contributed by atoms with Gasteiger partial charge in [0.05, 0.1) is 25.5 Å². The highest BCUT2D eigenvalue weighted by molar-refractivity contribution is 6.76. The standard InChI is InChI=1S/C28H36N6O4Si/c1-6-25(35)31-22-9-8-10-23(15-22)38-26-17-29-28-27(32-26)24(19-33(28)20-37-13-14-39(3,4)5)21-16-30-34(18-21)11-12-36-7-2/h6,8-10,15-19H,1,7,11-14,20H2,2-5H3,(H,31,35). The molecule has 0 aliphatic heterocycles. The molecule has 3 aromatic heterocycles. The second-order valence-electron chi connectivity index (χ2n) is 10.3. The molecule has 0 bridgehead atoms. The Hall–Kier alpha value is -3.80. The fraction of sp³-hybridized carbons (Fsp3) is 0.357. The molecule has 3 heterocycles. The monoisotopic (exact) mass is 548 g/mol. The van der Waals surface area contributed by atoms with E-state index >= 15 is 0 Å². The van der Waals surface area contributed by atoms with Crippen LogP contribution in [0.3, 0.4) is 0 Å². The third-order valence-corrected chi connectivity index (χ3v) is 7.60. The first kappa shape index (κ1) is 28.2. The van der Waals surface area contributed by atoms with Crippen LogP contribution >= 0.6 is 0 Å². The maximum atomic E-state index is 11.7. The quantitative estimate of drug-likeness (QED) is 0.125. The van der Waals surface area contributed by atoms with Crippen LogP contribution < -0.4 is 10.1 Å². The van der Waals surface area contributed by atoms with E-state index in [1.165, 1.54) is 6.08 Å². The molecule has 39 heavy (non-hydrogen) atoms. The Labute approximate surface area is 229 Å². The first-order chi connectivity index (χ1) is 18.8. The average Bonchev–Trinajstić information content (AvgIpc) is 3.51. The van der Waals surface area contributed by atoms with Crippen LogP contribution in [0.25, 0.3) is 22.3 Å². The topological polar surface area (TPSA) is 105 Å². The number of nitrogens with one attached hydrogen (secondary N) is 1. The lowest BCUT2D eigenvalue weighted by Gasteiger charge is -2.15. The van der Waals surface area contributed by atoms with Crippen LogP contribution in [0.2, 0.25) is 25.7 Å². The van der Waals surface area contributed by atoms with E-state index in [0.717, 1.165) is 17.2 Å². The fourth-order valence-electron chi connectivity index (χ4n) is 3.81. The van der Waals surface area contributed by atoms with Crippen molar-refractivity contribution in [3.8, 4) is 22.8 Å². The van der Waals surface area contributed by atoms with E-state index in [9.17, 15) is 4.79 Å². The van der Waals surface area contributed by atoms with Crippen molar-refractivity contribution in [2.24, 2.45) is 0 Å². The van der Waals surface area contributed by atoms with E-state index in [2.05, 4.69) is 41.6 Å². The van der Waals surface area contributed by atoms with Gasteiger partial charge in [-0.3, -0.25) is 9.48 Å². The molecule has 11 heteroatoms. The average molecular weight is 549 g/mol. The zero-order valence-corrected chi connectivity index (χ0v) is 24.0. The van der Waals surface area contributed by atoms with Gasteiger partial charge >= 0.3 is 0 Å². The lowest BCUT2D eigenvalue weighted by atomic mass is 10.2. The predicted molar refractivity (Wildman–Crippen MR) is 155 cm³/mol. The largest absolute Gasteiger partial charge is 0.437 e. The molecule has 206 valence electrons. The van der Waals surface area contributed by atoms with Gasteiger partial charge in [-0.05, 0) is 31.2 Å². The van der Waals surface area contributed by atoms with Crippen molar-refractivity contribution < 1.29 is 19.0 Å². The fourth-order valence-corrected chi connectivity index (χ4v) is 4.57. The van der Waals surface area contributed by atoms with Gasteiger partial charge in [-0.15, -0.1) is 0 Å². The Balaban J connectivity index is 1.62. The highest BCUT2D eigenvalue weighted by Gasteiger charge is 2.17. The van der Waals surface area contributed by atoms with Gasteiger partial charge in [-0.25, -0.2) is 9.97 Å². The summed E-state index contributed by atoms with van der Waals surface area (Å²) in [5, 5.41) is 7.22. The zero-order valence-electron chi connectivity index (χ0n) is 23.0. The number of fused-ring (bicyclic) bond motifs is 1. The van der Waals surface area contributed by atoms with Crippen molar-refractivity contribution in [1.82, 2.24) is 24.3 Å². The number of anilines is 1. The lowest BCUT2D eigenvalue weighted by molar-refractivity contribution is -0.111. The molecular formula is C28H36N6O4Si. The van der Waals surface area contributed by atoms with E-state index in [1.54, 1.807) is 30.5 Å². The normalized spacial score (nSPS) is 11.6. The predicted octanol–water partition coefficient (Wildman–Crippen LogP) is 5.56. The van der Waals surface area contributed by atoms with Crippen molar-refractivity contribution in [2.75, 3.05) is 25.1 Å². The molecule has 4 rings (SSSR count). The summed E-state index contributed by atoms with van der Waals surface area (Å²) in [6, 6.07) is 8.15. The number of aromatic nitrogens is 5. The van der Waals surface area contributed by atoms with E-state index in [1.807, 2.05) is 34.8 Å². The van der Waals surface area contributed by atoms with Crippen molar-refractivity contribution in [1.29, 1.82) is 0 Å². The number of hydrogen-bond acceptors (Lipinski definition) is 7. The number of carbonyl (C=O) groups is 1. The smallest absolute Gasteiger partial charge is 0.247 e. The molecule has 0 aliphatic rings. The molecule has 0 spiro atoms. The number of amides is 1. The summed E-state index contributed by atoms with van der Waals surface area (Å²) in [5.41, 5.74) is 3.76. The molecule has 0 saturated heterocycles. The molecule has 0 aliphatic carbocycles. The molecule has 0 unspecified atom stereocenters. The second-order valence-corrected chi connectivity index (χ2v) is 15.9. The van der Waals surface area contributed by atoms with Crippen LogP contribution in [0, 0.1) is 0 Å². The van der Waals surface area contributed by atoms with Gasteiger partial charge in [-0.1, -0.05) is 32.3 Å². The minimum atomic E-state index is -1.20. The van der Waals surface area contributed by atoms with Crippen molar-refractivity contribution >= 4 is 30.8 Å². The Morgan fingerprint density at radius 2 is 2.00 bits per heavy atom. The van der Waals surface area contributed by atoms with E-state index in [0.29, 0.717) is 61.6 Å². The number of hydrogen-bond donors (Lipinski definition) is 1. The minimum Gasteiger partial charge on any atom is -0.437 e. The molecule has 0 atom stereocenters. The Kier molecular flexibility index (Phi) is 9.28. The van der Waals surface area contributed by atoms with E-state index < -0.39 is 8.07 Å². The van der Waals surface area contributed by atoms with Gasteiger partial charge < -0.3 is 24.1 Å². The molecule has 4 aromatic rings. The number of nitrogens with zero attached hydrogens (tertiary/aromatic N) is 5. The molecule has 0 saturated carbocycles. The molecule has 1 aromatic carbocycles. The van der Waals surface area contributed by atoms with Gasteiger partial charge in [-0.2, -0.15) is 5.10 Å². The maximum absolute atomic E-state index is 11.7. The Morgan fingerprint density at radius 3 is 2.77 bits per heavy atom. The molecule has 1 N–H and O–H groups in total. The first-order valence-electron chi connectivity index (χ1n) is 13.0. The van der Waals surface area contributed by atoms with Gasteiger partial charge in [0.2, 0.25) is 11.8 Å². The Bertz CT molecular complexity index is 1430. The summed E-state index contributed by atoms with van der Waals surface area (Å²) in [6.07, 6.45) is 8.60. The third-order valence-electron chi connectivity index (χ3n) is 5.89. The van der Waals surface area contributed by atoms with Crippen LogP contribution in [0.4, 0.5) is 5.69 Å². The van der Waals surface area contributed by atoms with Crippen LogP contribution in [-0.4, -0.2) is 58.1 Å². The Morgan fingerprint density at radius 1 is 1.15 bits per heavy atom. The highest BCUT2D eigenvalue weighted by atomic mass is 28.3. The number of ether oxygens (including phenoxy) is 3. The second kappa shape index (κ2) is 12.8. The van der Waals surface area contributed by atoms with Crippen LogP contribution in [-0.2, 0) is 27.5 Å². The lowest BCUT2D eigenvalue weighted by Crippen LogP contribution is -2.22. The summed E-state index contributed by atoms with van der Waals surface area (Å²) >= 11 is 0. The van der Waals surface area contributed by atoms with Gasteiger partial charge in [0.1, 0.15) is 18.0 Å². The summed E-state index contributed by atoms with van der Waals surface area (Å²) in [7, 11) is -1.20. The van der Waals surface area contributed by atoms with Crippen molar-refractivity contribution in [3.05, 3.63) is 61.7 Å². The van der Waals surface area contributed by atoms with E-state index in [-0.39, 0.29) is 5.91 Å². The van der Waals surface area contributed by atoms with Gasteiger partial charge in [0, 0.05) is 56.6 Å². The summed E-state index contributed by atoms with van der Waals surface area (Å²) < 4.78 is 21.3. The molecule has 1 amide bonds. The number of rotatable bonds is 14. The summed E-state index contributed by atoms with van der Waals surface area (Å²) in [6.45, 7) is 15.4. The van der Waals surface area contributed by atoms with Crippen LogP contribution in [0.15, 0.2) is 61.7 Å². The van der Waals surface area contributed by atoms with Crippen LogP contribution in [0.1, 0.15) is 6.92 Å². The van der Waals surface area contributed by atoms with Gasteiger partial charge in [0.25, 0.3) is 0 Å². The number of carbonyl (C=O) groups excluding carboxylic acids is 1.